The molecular formula is C36H28F9N3O4. The molecule has 3 aromatic carbocycles. The highest BCUT2D eigenvalue weighted by Gasteiger charge is 2.50. The lowest BCUT2D eigenvalue weighted by atomic mass is 9.89. The van der Waals surface area contributed by atoms with Crippen LogP contribution >= 0.6 is 0 Å². The molecule has 7 nitrogen and oxygen atoms in total. The Morgan fingerprint density at radius 3 is 1.96 bits per heavy atom. The number of carboxylic acids is 1. The Labute approximate surface area is 290 Å². The quantitative estimate of drug-likeness (QED) is 0.192. The predicted molar refractivity (Wildman–Crippen MR) is 168 cm³/mol. The van der Waals surface area contributed by atoms with Crippen molar-refractivity contribution >= 4 is 12.0 Å². The van der Waals surface area contributed by atoms with Crippen molar-refractivity contribution in [1.82, 2.24) is 15.2 Å². The molecule has 2 aliphatic heterocycles. The number of halogens is 9. The minimum absolute atomic E-state index is 0.0000618. The van der Waals surface area contributed by atoms with E-state index in [1.165, 1.54) is 36.4 Å². The molecule has 0 aliphatic carbocycles. The minimum Gasteiger partial charge on any atom is -0.481 e. The zero-order valence-corrected chi connectivity index (χ0v) is 27.4. The monoisotopic (exact) mass is 737 g/mol. The highest BCUT2D eigenvalue weighted by Crippen LogP contribution is 2.50. The van der Waals surface area contributed by atoms with Gasteiger partial charge >= 0.3 is 30.5 Å². The van der Waals surface area contributed by atoms with E-state index in [1.807, 2.05) is 0 Å². The topological polar surface area (TPSA) is 91.8 Å². The number of carbonyl (C=O) groups excluding carboxylic acids is 1. The Kier molecular flexibility index (Phi) is 8.94. The largest absolute Gasteiger partial charge is 0.481 e. The van der Waals surface area contributed by atoms with Gasteiger partial charge in [-0.05, 0) is 109 Å². The van der Waals surface area contributed by atoms with Gasteiger partial charge in [0.25, 0.3) is 0 Å². The van der Waals surface area contributed by atoms with Crippen LogP contribution in [-0.2, 0) is 18.5 Å². The smallest absolute Gasteiger partial charge is 0.416 e. The van der Waals surface area contributed by atoms with Crippen molar-refractivity contribution in [1.29, 1.82) is 0 Å². The fourth-order valence-corrected chi connectivity index (χ4v) is 7.28. The summed E-state index contributed by atoms with van der Waals surface area (Å²) in [7, 11) is 1.29. The average Bonchev–Trinajstić information content (AvgIpc) is 3.63. The molecule has 0 bridgehead atoms. The number of ether oxygens (including phenoxy) is 1. The molecule has 3 heterocycles. The lowest BCUT2D eigenvalue weighted by molar-refractivity contribution is -0.143. The number of hydrogen-bond acceptors (Lipinski definition) is 4. The number of aryl methyl sites for hydroxylation is 2. The van der Waals surface area contributed by atoms with Gasteiger partial charge in [-0.25, -0.2) is 14.6 Å². The van der Waals surface area contributed by atoms with E-state index in [1.54, 1.807) is 19.9 Å². The van der Waals surface area contributed by atoms with Crippen LogP contribution in [0, 0.1) is 13.8 Å². The van der Waals surface area contributed by atoms with E-state index in [-0.39, 0.29) is 47.0 Å². The van der Waals surface area contributed by atoms with Crippen molar-refractivity contribution in [2.24, 2.45) is 0 Å². The van der Waals surface area contributed by atoms with E-state index in [9.17, 15) is 54.2 Å². The van der Waals surface area contributed by atoms with E-state index in [0.717, 1.165) is 12.1 Å². The second-order valence-electron chi connectivity index (χ2n) is 12.7. The van der Waals surface area contributed by atoms with Crippen LogP contribution in [0.5, 0.6) is 5.88 Å². The van der Waals surface area contributed by atoms with Crippen molar-refractivity contribution in [3.63, 3.8) is 0 Å². The zero-order chi connectivity index (χ0) is 38.1. The summed E-state index contributed by atoms with van der Waals surface area (Å²) in [6.07, 6.45) is -13.6. The standard InChI is InChI=1S/C36H28F9N3O4/c1-16-8-19(32(49)50)9-17(2)29(16)20-12-26(31(52-3)46-15-20)24-5-4-21(34(37,38)39)14-25(24)27-6-7-28-30(47-33(51)48(27)28)18-10-22(35(40,41)42)13-23(11-18)36(43,44)45/h4-5,8-15,27-28,30H,6-7H2,1-3H3,(H,47,51)(H,49,50)/t27-,28-,30+/m0/s1. The SMILES string of the molecule is COc1ncc(-c2c(C)cc(C(=O)O)cc2C)cc1-c1ccc(C(F)(F)F)cc1[C@@H]1CC[C@H]2[C@@H](c3cc(C(F)(F)F)cc(C(F)(F)F)c3)NC(=O)N12. The van der Waals surface area contributed by atoms with Crippen LogP contribution < -0.4 is 10.1 Å². The number of benzene rings is 3. The fraction of sp³-hybridized carbons (Fsp3) is 0.306. The summed E-state index contributed by atoms with van der Waals surface area (Å²) in [5, 5.41) is 12.0. The van der Waals surface area contributed by atoms with Crippen molar-refractivity contribution in [2.45, 2.75) is 63.3 Å². The third-order valence-corrected chi connectivity index (χ3v) is 9.44. The first-order chi connectivity index (χ1) is 24.2. The molecule has 1 aromatic heterocycles. The van der Waals surface area contributed by atoms with E-state index in [4.69, 9.17) is 4.74 Å². The molecule has 4 aromatic rings. The number of aromatic carboxylic acids is 1. The van der Waals surface area contributed by atoms with Crippen molar-refractivity contribution in [2.75, 3.05) is 7.11 Å². The number of urea groups is 1. The number of pyridine rings is 1. The van der Waals surface area contributed by atoms with Crippen molar-refractivity contribution in [3.8, 4) is 28.1 Å². The van der Waals surface area contributed by atoms with Crippen LogP contribution in [0.15, 0.2) is 60.8 Å². The number of carbonyl (C=O) groups is 2. The first-order valence-corrected chi connectivity index (χ1v) is 15.7. The molecule has 0 spiro atoms. The highest BCUT2D eigenvalue weighted by molar-refractivity contribution is 5.90. The Balaban J connectivity index is 1.48. The molecule has 2 N–H and O–H groups in total. The first kappa shape index (κ1) is 36.5. The number of nitrogens with one attached hydrogen (secondary N) is 1. The number of nitrogens with zero attached hydrogens (tertiary/aromatic N) is 2. The Morgan fingerprint density at radius 2 is 1.42 bits per heavy atom. The highest BCUT2D eigenvalue weighted by atomic mass is 19.4. The Hall–Kier alpha value is -5.28. The molecule has 0 radical (unpaired) electrons. The van der Waals surface area contributed by atoms with E-state index < -0.39 is 70.9 Å². The Morgan fingerprint density at radius 1 is 0.827 bits per heavy atom. The van der Waals surface area contributed by atoms with Crippen molar-refractivity contribution in [3.05, 3.63) is 105 Å². The van der Waals surface area contributed by atoms with Gasteiger partial charge in [0.05, 0.1) is 47.5 Å². The molecule has 2 saturated heterocycles. The van der Waals surface area contributed by atoms with Crippen molar-refractivity contribution < 1.29 is 58.9 Å². The third kappa shape index (κ3) is 6.61. The number of fused-ring (bicyclic) bond motifs is 1. The molecule has 2 fully saturated rings. The summed E-state index contributed by atoms with van der Waals surface area (Å²) in [4.78, 5) is 30.7. The summed E-state index contributed by atoms with van der Waals surface area (Å²) in [5.74, 6) is -1.14. The first-order valence-electron chi connectivity index (χ1n) is 15.7. The third-order valence-electron chi connectivity index (χ3n) is 9.44. The molecule has 2 aliphatic rings. The number of amides is 2. The van der Waals surface area contributed by atoms with Crippen LogP contribution in [0.3, 0.4) is 0 Å². The van der Waals surface area contributed by atoms with Gasteiger partial charge in [-0.3, -0.25) is 0 Å². The average molecular weight is 738 g/mol. The maximum Gasteiger partial charge on any atom is 0.416 e. The second-order valence-corrected chi connectivity index (χ2v) is 12.7. The fourth-order valence-electron chi connectivity index (χ4n) is 7.28. The molecule has 274 valence electrons. The van der Waals surface area contributed by atoms with E-state index >= 15 is 0 Å². The predicted octanol–water partition coefficient (Wildman–Crippen LogP) is 9.77. The van der Waals surface area contributed by atoms with Crippen LogP contribution in [0.1, 0.15) is 74.2 Å². The summed E-state index contributed by atoms with van der Waals surface area (Å²) in [6.45, 7) is 3.37. The molecule has 16 heteroatoms. The molecule has 0 unspecified atom stereocenters. The number of carboxylic acid groups (broad SMARTS) is 1. The number of methoxy groups -OCH3 is 1. The number of hydrogen-bond donors (Lipinski definition) is 2. The lowest BCUT2D eigenvalue weighted by Crippen LogP contribution is -2.32. The second kappa shape index (κ2) is 12.7. The molecular weight excluding hydrogens is 709 g/mol. The maximum absolute atomic E-state index is 14.1. The number of rotatable bonds is 6. The Bertz CT molecular complexity index is 2040. The maximum atomic E-state index is 14.1. The molecule has 52 heavy (non-hydrogen) atoms. The van der Waals surface area contributed by atoms with E-state index in [2.05, 4.69) is 10.3 Å². The number of alkyl halides is 9. The van der Waals surface area contributed by atoms with Gasteiger partial charge in [0.15, 0.2) is 0 Å². The number of aromatic nitrogens is 1. The zero-order valence-electron chi connectivity index (χ0n) is 27.4. The summed E-state index contributed by atoms with van der Waals surface area (Å²) < 4.78 is 130. The lowest BCUT2D eigenvalue weighted by Gasteiger charge is -2.27. The van der Waals surface area contributed by atoms with Gasteiger partial charge in [-0.2, -0.15) is 39.5 Å². The van der Waals surface area contributed by atoms with Gasteiger partial charge in [-0.15, -0.1) is 0 Å². The van der Waals surface area contributed by atoms with Crippen LogP contribution in [0.25, 0.3) is 22.3 Å². The van der Waals surface area contributed by atoms with Gasteiger partial charge in [0.2, 0.25) is 5.88 Å². The molecule has 3 atom stereocenters. The summed E-state index contributed by atoms with van der Waals surface area (Å²) >= 11 is 0. The van der Waals surface area contributed by atoms with Crippen LogP contribution in [0.4, 0.5) is 44.3 Å². The minimum atomic E-state index is -5.14. The van der Waals surface area contributed by atoms with Gasteiger partial charge in [0, 0.05) is 17.3 Å². The van der Waals surface area contributed by atoms with Crippen LogP contribution in [-0.4, -0.2) is 40.1 Å². The van der Waals surface area contributed by atoms with Gasteiger partial charge in [-0.1, -0.05) is 6.07 Å². The summed E-state index contributed by atoms with van der Waals surface area (Å²) in [6, 6.07) is 4.13. The summed E-state index contributed by atoms with van der Waals surface area (Å²) in [5.41, 5.74) is -1.97. The van der Waals surface area contributed by atoms with Gasteiger partial charge in [0.1, 0.15) is 0 Å². The molecule has 2 amide bonds. The molecule has 0 saturated carbocycles. The normalized spacial score (nSPS) is 19.1. The molecule has 6 rings (SSSR count). The van der Waals surface area contributed by atoms with Crippen LogP contribution in [0.2, 0.25) is 0 Å². The van der Waals surface area contributed by atoms with E-state index in [0.29, 0.717) is 34.4 Å². The van der Waals surface area contributed by atoms with Gasteiger partial charge < -0.3 is 20.1 Å².